The number of nitrogens with two attached hydrogens (primary N) is 3. The maximum atomic E-state index is 14.3. The molecule has 8 N–H and O–H groups in total. The highest BCUT2D eigenvalue weighted by atomic mass is 16.7. The van der Waals surface area contributed by atoms with Crippen molar-refractivity contribution in [3.8, 4) is 0 Å². The molecule has 9 atom stereocenters. The van der Waals surface area contributed by atoms with E-state index in [1.165, 1.54) is 0 Å². The number of esters is 1. The molecule has 10 nitrogen and oxygen atoms in total. The van der Waals surface area contributed by atoms with Gasteiger partial charge in [-0.1, -0.05) is 31.4 Å². The fourth-order valence-corrected chi connectivity index (χ4v) is 9.00. The first-order chi connectivity index (χ1) is 22.2. The van der Waals surface area contributed by atoms with Crippen LogP contribution in [-0.4, -0.2) is 86.1 Å². The fourth-order valence-electron chi connectivity index (χ4n) is 9.00. The average Bonchev–Trinajstić information content (AvgIpc) is 3.79. The molecule has 4 fully saturated rings. The largest absolute Gasteiger partial charge is 0.463 e. The molecule has 5 aliphatic rings. The molecule has 46 heavy (non-hydrogen) atoms. The van der Waals surface area contributed by atoms with Crippen molar-refractivity contribution < 1.29 is 44.9 Å². The molecule has 5 rings (SSSR count). The summed E-state index contributed by atoms with van der Waals surface area (Å²) in [6.07, 6.45) is 14.0. The second kappa shape index (κ2) is 15.5. The highest BCUT2D eigenvalue weighted by Gasteiger charge is 2.87. The zero-order chi connectivity index (χ0) is 32.9. The Morgan fingerprint density at radius 2 is 1.89 bits per heavy atom. The van der Waals surface area contributed by atoms with E-state index in [9.17, 15) is 19.5 Å². The first kappa shape index (κ1) is 35.4. The van der Waals surface area contributed by atoms with Gasteiger partial charge >= 0.3 is 5.97 Å². The van der Waals surface area contributed by atoms with Gasteiger partial charge in [-0.05, 0) is 82.3 Å². The van der Waals surface area contributed by atoms with Crippen LogP contribution in [-0.2, 0) is 23.9 Å². The first-order valence-electron chi connectivity index (χ1n) is 18.3. The molecular weight excluding hydrogens is 584 g/mol. The van der Waals surface area contributed by atoms with Crippen molar-refractivity contribution in [2.45, 2.75) is 115 Å². The van der Waals surface area contributed by atoms with Crippen molar-refractivity contribution in [3.63, 3.8) is 0 Å². The third-order valence-corrected chi connectivity index (χ3v) is 11.9. The number of fused-ring (bicyclic) bond motifs is 2. The van der Waals surface area contributed by atoms with Crippen molar-refractivity contribution >= 4 is 17.5 Å². The molecule has 0 bridgehead atoms. The zero-order valence-electron chi connectivity index (χ0n) is 28.7. The molecule has 9 unspecified atom stereocenters. The van der Waals surface area contributed by atoms with E-state index in [2.05, 4.69) is 54.3 Å². The summed E-state index contributed by atoms with van der Waals surface area (Å²) < 4.78 is 12.3. The average molecular weight is 646 g/mol. The lowest BCUT2D eigenvalue weighted by Gasteiger charge is -2.37. The molecule has 2 saturated heterocycles. The number of allylic oxidation sites excluding steroid dienone is 2. The number of nitrogens with one attached hydrogen (secondary N) is 1. The summed E-state index contributed by atoms with van der Waals surface area (Å²) in [6.45, 7) is 9.19. The van der Waals surface area contributed by atoms with Gasteiger partial charge in [-0.15, -0.1) is 0 Å². The van der Waals surface area contributed by atoms with Gasteiger partial charge in [0.25, 0.3) is 5.60 Å². The SMILES string of the molecule is CC[NH2+]C1C=CC(CC)CC1COC(=O)C12OC1(CC(CO)=C(C)CCC1CC[NH2+]C(NC[NH2+]C)C1)C(=O)C1CCCCC1C2=O. The third-order valence-electron chi connectivity index (χ3n) is 11.9. The van der Waals surface area contributed by atoms with Crippen LogP contribution in [0.2, 0.25) is 0 Å². The topological polar surface area (TPSA) is 155 Å². The molecule has 2 heterocycles. The van der Waals surface area contributed by atoms with Crippen LogP contribution in [0.5, 0.6) is 0 Å². The molecule has 2 aliphatic heterocycles. The zero-order valence-corrected chi connectivity index (χ0v) is 28.7. The Kier molecular flexibility index (Phi) is 11.9. The number of likely N-dealkylation sites (N-methyl/N-ethyl adjacent to an activating group) is 1. The molecule has 2 saturated carbocycles. The fraction of sp³-hybridized carbons (Fsp3) is 0.806. The highest BCUT2D eigenvalue weighted by molar-refractivity contribution is 6.23. The van der Waals surface area contributed by atoms with Crippen LogP contribution in [0.15, 0.2) is 23.3 Å². The van der Waals surface area contributed by atoms with Gasteiger partial charge in [0.15, 0.2) is 17.2 Å². The van der Waals surface area contributed by atoms with E-state index in [4.69, 9.17) is 9.47 Å². The Bertz CT molecular complexity index is 1170. The number of rotatable bonds is 15. The van der Waals surface area contributed by atoms with E-state index in [-0.39, 0.29) is 43.2 Å². The van der Waals surface area contributed by atoms with Crippen molar-refractivity contribution in [2.24, 2.45) is 29.6 Å². The summed E-state index contributed by atoms with van der Waals surface area (Å²) >= 11 is 0. The second-order valence-electron chi connectivity index (χ2n) is 14.8. The van der Waals surface area contributed by atoms with Gasteiger partial charge in [-0.3, -0.25) is 9.59 Å². The molecule has 3 aliphatic carbocycles. The van der Waals surface area contributed by atoms with Crippen LogP contribution >= 0.6 is 0 Å². The number of ether oxygens (including phenoxy) is 2. The number of ketones is 2. The van der Waals surface area contributed by atoms with Gasteiger partial charge in [0, 0.05) is 30.6 Å². The number of hydrogen-bond donors (Lipinski definition) is 5. The standard InChI is InChI=1S/C36H58N4O6/c1-5-24-13-14-30(38-6-2)26(17-24)21-45-34(44)36-33(43)29-10-8-7-9-28(29)32(42)35(36,46-36)19-27(20-41)23(3)11-12-25-15-16-39-31(18-25)40-22-37-4/h13-14,24-26,28-31,37-41H,5-12,15-22H2,1-4H3/p+3. The lowest BCUT2D eigenvalue weighted by Crippen LogP contribution is -2.97. The Balaban J connectivity index is 1.33. The number of aliphatic hydroxyl groups is 1. The molecule has 0 amide bonds. The maximum Gasteiger partial charge on any atom is 0.350 e. The smallest absolute Gasteiger partial charge is 0.350 e. The van der Waals surface area contributed by atoms with Crippen molar-refractivity contribution in [2.75, 3.05) is 40.0 Å². The van der Waals surface area contributed by atoms with E-state index < -0.39 is 29.0 Å². The van der Waals surface area contributed by atoms with Crippen LogP contribution in [0, 0.1) is 29.6 Å². The maximum absolute atomic E-state index is 14.3. The second-order valence-corrected chi connectivity index (χ2v) is 14.8. The van der Waals surface area contributed by atoms with Crippen LogP contribution in [0.1, 0.15) is 91.4 Å². The minimum absolute atomic E-state index is 0.0729. The summed E-state index contributed by atoms with van der Waals surface area (Å²) in [5, 5.41) is 20.9. The monoisotopic (exact) mass is 645 g/mol. The number of quaternary nitrogens is 3. The van der Waals surface area contributed by atoms with Crippen LogP contribution < -0.4 is 21.3 Å². The van der Waals surface area contributed by atoms with E-state index in [0.29, 0.717) is 36.4 Å². The van der Waals surface area contributed by atoms with Crippen molar-refractivity contribution in [1.29, 1.82) is 0 Å². The van der Waals surface area contributed by atoms with Crippen LogP contribution in [0.25, 0.3) is 0 Å². The van der Waals surface area contributed by atoms with Gasteiger partial charge in [0.2, 0.25) is 0 Å². The molecule has 0 aromatic rings. The van der Waals surface area contributed by atoms with Crippen LogP contribution in [0.4, 0.5) is 0 Å². The molecule has 0 aromatic heterocycles. The summed E-state index contributed by atoms with van der Waals surface area (Å²) in [4.78, 5) is 42.6. The minimum atomic E-state index is -1.89. The normalized spacial score (nSPS) is 37.7. The molecule has 0 spiro atoms. The highest BCUT2D eigenvalue weighted by Crippen LogP contribution is 2.62. The Hall–Kier alpha value is -1.95. The van der Waals surface area contributed by atoms with Gasteiger partial charge in [0.05, 0.1) is 26.7 Å². The van der Waals surface area contributed by atoms with Crippen molar-refractivity contribution in [3.05, 3.63) is 23.3 Å². The van der Waals surface area contributed by atoms with E-state index in [0.717, 1.165) is 76.7 Å². The Morgan fingerprint density at radius 3 is 2.59 bits per heavy atom. The lowest BCUT2D eigenvalue weighted by atomic mass is 9.60. The molecular formula is C36H61N4O6+3. The summed E-state index contributed by atoms with van der Waals surface area (Å²) in [6, 6.07) is 0.207. The molecule has 10 heteroatoms. The number of epoxide rings is 1. The number of aliphatic hydroxyl groups excluding tert-OH is 1. The number of hydrogen-bond acceptors (Lipinski definition) is 7. The molecule has 258 valence electrons. The lowest BCUT2D eigenvalue weighted by molar-refractivity contribution is -0.716. The van der Waals surface area contributed by atoms with E-state index in [1.54, 1.807) is 0 Å². The van der Waals surface area contributed by atoms with E-state index >= 15 is 0 Å². The van der Waals surface area contributed by atoms with Crippen molar-refractivity contribution in [1.82, 2.24) is 5.32 Å². The Labute approximate surface area is 275 Å². The number of Topliss-reactive ketones (excluding diaryl/α,β-unsaturated/α-hetero) is 2. The summed E-state index contributed by atoms with van der Waals surface area (Å²) in [7, 11) is 2.06. The first-order valence-corrected chi connectivity index (χ1v) is 18.3. The van der Waals surface area contributed by atoms with Gasteiger partial charge in [-0.25, -0.2) is 10.1 Å². The van der Waals surface area contributed by atoms with Crippen LogP contribution in [0.3, 0.4) is 0 Å². The van der Waals surface area contributed by atoms with Gasteiger partial charge in [-0.2, -0.15) is 0 Å². The summed E-state index contributed by atoms with van der Waals surface area (Å²) in [5.74, 6) is -0.896. The predicted molar refractivity (Wildman–Crippen MR) is 173 cm³/mol. The molecule has 0 radical (unpaired) electrons. The number of piperidine rings is 1. The number of carbonyl (C=O) groups excluding carboxylic acids is 3. The number of carbonyl (C=O) groups is 3. The van der Waals surface area contributed by atoms with E-state index in [1.807, 2.05) is 6.92 Å². The third kappa shape index (κ3) is 6.94. The van der Waals surface area contributed by atoms with Gasteiger partial charge in [0.1, 0.15) is 25.5 Å². The Morgan fingerprint density at radius 1 is 1.13 bits per heavy atom. The molecule has 0 aromatic carbocycles. The quantitative estimate of drug-likeness (QED) is 0.0555. The van der Waals surface area contributed by atoms with Gasteiger partial charge < -0.3 is 30.5 Å². The summed E-state index contributed by atoms with van der Waals surface area (Å²) in [5.41, 5.74) is -1.73. The minimum Gasteiger partial charge on any atom is -0.463 e. The predicted octanol–water partition coefficient (Wildman–Crippen LogP) is 0.0687.